The first-order chi connectivity index (χ1) is 8.22. The SMILES string of the molecule is Cc1ccc(-c2cc3ccc(C)cc3[nH]2)cc1. The van der Waals surface area contributed by atoms with Crippen LogP contribution in [0.15, 0.2) is 48.5 Å². The van der Waals surface area contributed by atoms with Crippen molar-refractivity contribution in [3.8, 4) is 11.3 Å². The molecule has 0 saturated carbocycles. The third-order valence-corrected chi connectivity index (χ3v) is 3.14. The van der Waals surface area contributed by atoms with Crippen molar-refractivity contribution in [2.75, 3.05) is 0 Å². The summed E-state index contributed by atoms with van der Waals surface area (Å²) in [6, 6.07) is 17.3. The molecule has 0 amide bonds. The van der Waals surface area contributed by atoms with Gasteiger partial charge in [-0.15, -0.1) is 0 Å². The second-order valence-electron chi connectivity index (χ2n) is 4.64. The monoisotopic (exact) mass is 221 g/mol. The molecular formula is C16H15N. The molecule has 1 nitrogen and oxygen atoms in total. The molecule has 1 heterocycles. The van der Waals surface area contributed by atoms with Crippen LogP contribution in [0.2, 0.25) is 0 Å². The normalized spacial score (nSPS) is 10.9. The number of rotatable bonds is 1. The Balaban J connectivity index is 2.14. The van der Waals surface area contributed by atoms with Crippen LogP contribution in [0.4, 0.5) is 0 Å². The second-order valence-corrected chi connectivity index (χ2v) is 4.64. The minimum Gasteiger partial charge on any atom is -0.355 e. The highest BCUT2D eigenvalue weighted by atomic mass is 14.7. The van der Waals surface area contributed by atoms with Gasteiger partial charge in [-0.3, -0.25) is 0 Å². The molecule has 84 valence electrons. The summed E-state index contributed by atoms with van der Waals surface area (Å²) in [7, 11) is 0. The van der Waals surface area contributed by atoms with Crippen LogP contribution in [0.5, 0.6) is 0 Å². The number of nitrogens with one attached hydrogen (secondary N) is 1. The van der Waals surface area contributed by atoms with Gasteiger partial charge in [0.05, 0.1) is 0 Å². The van der Waals surface area contributed by atoms with Crippen molar-refractivity contribution < 1.29 is 0 Å². The van der Waals surface area contributed by atoms with Crippen molar-refractivity contribution in [2.45, 2.75) is 13.8 Å². The number of hydrogen-bond donors (Lipinski definition) is 1. The van der Waals surface area contributed by atoms with Gasteiger partial charge >= 0.3 is 0 Å². The zero-order valence-corrected chi connectivity index (χ0v) is 10.1. The molecule has 0 atom stereocenters. The van der Waals surface area contributed by atoms with Gasteiger partial charge < -0.3 is 4.98 Å². The third-order valence-electron chi connectivity index (χ3n) is 3.14. The van der Waals surface area contributed by atoms with E-state index in [1.807, 2.05) is 0 Å². The van der Waals surface area contributed by atoms with Gasteiger partial charge in [-0.1, -0.05) is 42.0 Å². The fourth-order valence-electron chi connectivity index (χ4n) is 2.13. The van der Waals surface area contributed by atoms with Gasteiger partial charge in [-0.25, -0.2) is 0 Å². The standard InChI is InChI=1S/C16H15N/c1-11-3-6-13(7-4-11)16-10-14-8-5-12(2)9-15(14)17-16/h3-10,17H,1-2H3. The minimum atomic E-state index is 1.19. The van der Waals surface area contributed by atoms with Crippen LogP contribution in [-0.4, -0.2) is 4.98 Å². The quantitative estimate of drug-likeness (QED) is 0.624. The van der Waals surface area contributed by atoms with E-state index in [9.17, 15) is 0 Å². The molecule has 3 rings (SSSR count). The third kappa shape index (κ3) is 1.84. The van der Waals surface area contributed by atoms with E-state index in [0.717, 1.165) is 0 Å². The van der Waals surface area contributed by atoms with Gasteiger partial charge in [0.15, 0.2) is 0 Å². The highest BCUT2D eigenvalue weighted by molar-refractivity contribution is 5.86. The van der Waals surface area contributed by atoms with E-state index in [0.29, 0.717) is 0 Å². The summed E-state index contributed by atoms with van der Waals surface area (Å²) in [4.78, 5) is 3.47. The van der Waals surface area contributed by atoms with Crippen molar-refractivity contribution in [3.05, 3.63) is 59.7 Å². The summed E-state index contributed by atoms with van der Waals surface area (Å²) in [5.74, 6) is 0. The smallest absolute Gasteiger partial charge is 0.0464 e. The fraction of sp³-hybridized carbons (Fsp3) is 0.125. The van der Waals surface area contributed by atoms with Crippen molar-refractivity contribution in [1.29, 1.82) is 0 Å². The maximum absolute atomic E-state index is 3.47. The first-order valence-electron chi connectivity index (χ1n) is 5.89. The zero-order valence-electron chi connectivity index (χ0n) is 10.1. The molecule has 1 aromatic heterocycles. The van der Waals surface area contributed by atoms with Crippen molar-refractivity contribution in [3.63, 3.8) is 0 Å². The molecule has 0 unspecified atom stereocenters. The average molecular weight is 221 g/mol. The Bertz CT molecular complexity index is 660. The first-order valence-corrected chi connectivity index (χ1v) is 5.89. The molecule has 17 heavy (non-hydrogen) atoms. The second kappa shape index (κ2) is 3.77. The number of H-pyrrole nitrogens is 1. The highest BCUT2D eigenvalue weighted by Gasteiger charge is 2.02. The number of aromatic amines is 1. The predicted octanol–water partition coefficient (Wildman–Crippen LogP) is 4.45. The van der Waals surface area contributed by atoms with E-state index >= 15 is 0 Å². The lowest BCUT2D eigenvalue weighted by atomic mass is 10.1. The Morgan fingerprint density at radius 2 is 1.47 bits per heavy atom. The Kier molecular flexibility index (Phi) is 2.25. The molecule has 0 aliphatic heterocycles. The summed E-state index contributed by atoms with van der Waals surface area (Å²) in [5.41, 5.74) is 6.21. The van der Waals surface area contributed by atoms with Crippen LogP contribution in [0.1, 0.15) is 11.1 Å². The van der Waals surface area contributed by atoms with Crippen LogP contribution in [0.3, 0.4) is 0 Å². The van der Waals surface area contributed by atoms with Crippen molar-refractivity contribution in [2.24, 2.45) is 0 Å². The van der Waals surface area contributed by atoms with E-state index in [-0.39, 0.29) is 0 Å². The molecule has 0 fully saturated rings. The number of benzene rings is 2. The predicted molar refractivity (Wildman–Crippen MR) is 73.2 cm³/mol. The maximum Gasteiger partial charge on any atom is 0.0464 e. The molecule has 0 saturated heterocycles. The lowest BCUT2D eigenvalue weighted by Crippen LogP contribution is -1.77. The van der Waals surface area contributed by atoms with Gasteiger partial charge in [-0.2, -0.15) is 0 Å². The van der Waals surface area contributed by atoms with Gasteiger partial charge in [0.2, 0.25) is 0 Å². The molecule has 0 radical (unpaired) electrons. The molecule has 3 aromatic rings. The van der Waals surface area contributed by atoms with Crippen molar-refractivity contribution in [1.82, 2.24) is 4.98 Å². The van der Waals surface area contributed by atoms with Crippen LogP contribution in [-0.2, 0) is 0 Å². The van der Waals surface area contributed by atoms with Crippen LogP contribution in [0, 0.1) is 13.8 Å². The van der Waals surface area contributed by atoms with Crippen LogP contribution >= 0.6 is 0 Å². The van der Waals surface area contributed by atoms with Gasteiger partial charge in [0.25, 0.3) is 0 Å². The molecule has 0 aliphatic carbocycles. The van der Waals surface area contributed by atoms with Crippen molar-refractivity contribution >= 4 is 10.9 Å². The zero-order chi connectivity index (χ0) is 11.8. The molecule has 1 heteroatoms. The number of aryl methyl sites for hydroxylation is 2. The summed E-state index contributed by atoms with van der Waals surface area (Å²) < 4.78 is 0. The van der Waals surface area contributed by atoms with E-state index in [4.69, 9.17) is 0 Å². The molecule has 2 aromatic carbocycles. The number of aromatic nitrogens is 1. The summed E-state index contributed by atoms with van der Waals surface area (Å²) >= 11 is 0. The average Bonchev–Trinajstić information content (AvgIpc) is 2.72. The largest absolute Gasteiger partial charge is 0.355 e. The van der Waals surface area contributed by atoms with E-state index < -0.39 is 0 Å². The van der Waals surface area contributed by atoms with E-state index in [1.54, 1.807) is 0 Å². The topological polar surface area (TPSA) is 15.8 Å². The van der Waals surface area contributed by atoms with E-state index in [2.05, 4.69) is 67.4 Å². The lowest BCUT2D eigenvalue weighted by Gasteiger charge is -1.98. The van der Waals surface area contributed by atoms with Crippen LogP contribution < -0.4 is 0 Å². The highest BCUT2D eigenvalue weighted by Crippen LogP contribution is 2.24. The molecule has 0 aliphatic rings. The molecule has 0 spiro atoms. The summed E-state index contributed by atoms with van der Waals surface area (Å²) in [6.45, 7) is 4.23. The van der Waals surface area contributed by atoms with Crippen LogP contribution in [0.25, 0.3) is 22.2 Å². The van der Waals surface area contributed by atoms with E-state index in [1.165, 1.54) is 33.3 Å². The molecule has 1 N–H and O–H groups in total. The number of hydrogen-bond acceptors (Lipinski definition) is 0. The molecular weight excluding hydrogens is 206 g/mol. The fourth-order valence-corrected chi connectivity index (χ4v) is 2.13. The first kappa shape index (κ1) is 10.2. The Hall–Kier alpha value is -2.02. The minimum absolute atomic E-state index is 1.19. The molecule has 0 bridgehead atoms. The van der Waals surface area contributed by atoms with Gasteiger partial charge in [0, 0.05) is 16.6 Å². The Morgan fingerprint density at radius 1 is 0.765 bits per heavy atom. The van der Waals surface area contributed by atoms with Gasteiger partial charge in [-0.05, 0) is 37.1 Å². The number of fused-ring (bicyclic) bond motifs is 1. The Morgan fingerprint density at radius 3 is 2.24 bits per heavy atom. The van der Waals surface area contributed by atoms with Gasteiger partial charge in [0.1, 0.15) is 0 Å². The lowest BCUT2D eigenvalue weighted by molar-refractivity contribution is 1.41. The summed E-state index contributed by atoms with van der Waals surface area (Å²) in [6.07, 6.45) is 0. The Labute approximate surface area is 101 Å². The maximum atomic E-state index is 3.47. The summed E-state index contributed by atoms with van der Waals surface area (Å²) in [5, 5.41) is 1.27.